The Labute approximate surface area is 126 Å². The number of anilines is 1. The Kier molecular flexibility index (Phi) is 5.22. The highest BCUT2D eigenvalue weighted by Crippen LogP contribution is 2.32. The first-order chi connectivity index (χ1) is 9.19. The average molecular weight is 338 g/mol. The molecular formula is C14H16BrN3S. The molecule has 2 rings (SSSR count). The number of nitrogens with zero attached hydrogens (tertiary/aromatic N) is 2. The maximum absolute atomic E-state index is 4.47. The summed E-state index contributed by atoms with van der Waals surface area (Å²) in [5.41, 5.74) is 0. The van der Waals surface area contributed by atoms with Crippen LogP contribution in [0.4, 0.5) is 5.82 Å². The normalized spacial score (nSPS) is 10.5. The van der Waals surface area contributed by atoms with Crippen LogP contribution in [0.25, 0.3) is 0 Å². The van der Waals surface area contributed by atoms with Gasteiger partial charge in [-0.1, -0.05) is 30.8 Å². The van der Waals surface area contributed by atoms with Crippen molar-refractivity contribution in [2.24, 2.45) is 0 Å². The smallest absolute Gasteiger partial charge is 0.130 e. The quantitative estimate of drug-likeness (QED) is 0.814. The predicted octanol–water partition coefficient (Wildman–Crippen LogP) is 4.52. The molecule has 0 bridgehead atoms. The van der Waals surface area contributed by atoms with Crippen molar-refractivity contribution in [3.63, 3.8) is 0 Å². The molecule has 100 valence electrons. The van der Waals surface area contributed by atoms with Gasteiger partial charge in [0.15, 0.2) is 0 Å². The van der Waals surface area contributed by atoms with Crippen molar-refractivity contribution in [3.05, 3.63) is 40.6 Å². The Morgan fingerprint density at radius 2 is 2.05 bits per heavy atom. The number of benzene rings is 1. The molecule has 1 aromatic carbocycles. The van der Waals surface area contributed by atoms with Crippen LogP contribution < -0.4 is 5.32 Å². The summed E-state index contributed by atoms with van der Waals surface area (Å²) in [7, 11) is 0. The lowest BCUT2D eigenvalue weighted by Crippen LogP contribution is -2.04. The SMILES string of the molecule is CCCNc1cc(Sc2ccccc2Br)nc(C)n1. The van der Waals surface area contributed by atoms with Crippen molar-refractivity contribution in [2.45, 2.75) is 30.2 Å². The summed E-state index contributed by atoms with van der Waals surface area (Å²) in [6.45, 7) is 4.98. The van der Waals surface area contributed by atoms with Gasteiger partial charge in [0.25, 0.3) is 0 Å². The number of rotatable bonds is 5. The highest BCUT2D eigenvalue weighted by Gasteiger charge is 2.06. The van der Waals surface area contributed by atoms with Gasteiger partial charge in [-0.05, 0) is 41.4 Å². The maximum Gasteiger partial charge on any atom is 0.130 e. The van der Waals surface area contributed by atoms with Crippen molar-refractivity contribution < 1.29 is 0 Å². The van der Waals surface area contributed by atoms with Gasteiger partial charge in [-0.3, -0.25) is 0 Å². The van der Waals surface area contributed by atoms with E-state index in [1.54, 1.807) is 11.8 Å². The van der Waals surface area contributed by atoms with Crippen LogP contribution in [0.15, 0.2) is 44.7 Å². The number of aryl methyl sites for hydroxylation is 1. The van der Waals surface area contributed by atoms with E-state index in [4.69, 9.17) is 0 Å². The second-order valence-electron chi connectivity index (χ2n) is 4.10. The number of halogens is 1. The van der Waals surface area contributed by atoms with E-state index < -0.39 is 0 Å². The fraction of sp³-hybridized carbons (Fsp3) is 0.286. The van der Waals surface area contributed by atoms with E-state index in [-0.39, 0.29) is 0 Å². The Morgan fingerprint density at radius 3 is 2.79 bits per heavy atom. The third kappa shape index (κ3) is 4.21. The minimum atomic E-state index is 0.788. The Hall–Kier alpha value is -1.07. The first-order valence-corrected chi connectivity index (χ1v) is 7.82. The van der Waals surface area contributed by atoms with Crippen LogP contribution in [0.2, 0.25) is 0 Å². The third-order valence-electron chi connectivity index (χ3n) is 2.42. The van der Waals surface area contributed by atoms with Crippen molar-refractivity contribution in [1.29, 1.82) is 0 Å². The van der Waals surface area contributed by atoms with Gasteiger partial charge in [0.2, 0.25) is 0 Å². The molecule has 0 aliphatic carbocycles. The van der Waals surface area contributed by atoms with E-state index in [2.05, 4.69) is 44.2 Å². The summed E-state index contributed by atoms with van der Waals surface area (Å²) in [5, 5.41) is 4.26. The molecule has 1 N–H and O–H groups in total. The highest BCUT2D eigenvalue weighted by molar-refractivity contribution is 9.10. The van der Waals surface area contributed by atoms with E-state index >= 15 is 0 Å². The van der Waals surface area contributed by atoms with Crippen LogP contribution in [-0.2, 0) is 0 Å². The van der Waals surface area contributed by atoms with Crippen LogP contribution in [0.3, 0.4) is 0 Å². The first kappa shape index (κ1) is 14.3. The molecule has 0 spiro atoms. The largest absolute Gasteiger partial charge is 0.370 e. The Balaban J connectivity index is 2.20. The minimum Gasteiger partial charge on any atom is -0.370 e. The highest BCUT2D eigenvalue weighted by atomic mass is 79.9. The van der Waals surface area contributed by atoms with E-state index in [0.29, 0.717) is 0 Å². The molecule has 1 aromatic heterocycles. The van der Waals surface area contributed by atoms with E-state index in [1.165, 1.54) is 0 Å². The molecular weight excluding hydrogens is 322 g/mol. The van der Waals surface area contributed by atoms with Crippen LogP contribution >= 0.6 is 27.7 Å². The van der Waals surface area contributed by atoms with E-state index in [1.807, 2.05) is 31.2 Å². The van der Waals surface area contributed by atoms with Gasteiger partial charge < -0.3 is 5.32 Å². The molecule has 3 nitrogen and oxygen atoms in total. The van der Waals surface area contributed by atoms with Crippen molar-refractivity contribution >= 4 is 33.5 Å². The van der Waals surface area contributed by atoms with E-state index in [9.17, 15) is 0 Å². The summed E-state index contributed by atoms with van der Waals surface area (Å²) in [6.07, 6.45) is 1.08. The zero-order valence-electron chi connectivity index (χ0n) is 11.0. The summed E-state index contributed by atoms with van der Waals surface area (Å²) >= 11 is 5.19. The molecule has 19 heavy (non-hydrogen) atoms. The van der Waals surface area contributed by atoms with Crippen LogP contribution in [0.1, 0.15) is 19.2 Å². The average Bonchev–Trinajstić information content (AvgIpc) is 2.38. The predicted molar refractivity (Wildman–Crippen MR) is 83.8 cm³/mol. The summed E-state index contributed by atoms with van der Waals surface area (Å²) in [5.74, 6) is 1.68. The fourth-order valence-corrected chi connectivity index (χ4v) is 2.99. The monoisotopic (exact) mass is 337 g/mol. The molecule has 2 aromatic rings. The molecule has 0 saturated heterocycles. The van der Waals surface area contributed by atoms with Gasteiger partial charge in [-0.15, -0.1) is 0 Å². The lowest BCUT2D eigenvalue weighted by Gasteiger charge is -2.08. The number of hydrogen-bond donors (Lipinski definition) is 1. The minimum absolute atomic E-state index is 0.788. The molecule has 0 aliphatic heterocycles. The molecule has 0 amide bonds. The maximum atomic E-state index is 4.47. The van der Waals surface area contributed by atoms with Gasteiger partial charge in [0.05, 0.1) is 0 Å². The van der Waals surface area contributed by atoms with Crippen LogP contribution in [-0.4, -0.2) is 16.5 Å². The van der Waals surface area contributed by atoms with Crippen molar-refractivity contribution in [1.82, 2.24) is 9.97 Å². The Bertz CT molecular complexity index is 560. The molecule has 0 saturated carbocycles. The van der Waals surface area contributed by atoms with Gasteiger partial charge in [0, 0.05) is 22.0 Å². The molecule has 0 unspecified atom stereocenters. The van der Waals surface area contributed by atoms with Crippen molar-refractivity contribution in [2.75, 3.05) is 11.9 Å². The lowest BCUT2D eigenvalue weighted by atomic mass is 10.4. The molecule has 0 fully saturated rings. The topological polar surface area (TPSA) is 37.8 Å². The number of aromatic nitrogens is 2. The van der Waals surface area contributed by atoms with Crippen LogP contribution in [0, 0.1) is 6.92 Å². The second kappa shape index (κ2) is 6.91. The summed E-state index contributed by atoms with van der Waals surface area (Å²) in [4.78, 5) is 10.0. The lowest BCUT2D eigenvalue weighted by molar-refractivity contribution is 0.928. The third-order valence-corrected chi connectivity index (χ3v) is 4.37. The molecule has 0 radical (unpaired) electrons. The zero-order chi connectivity index (χ0) is 13.7. The van der Waals surface area contributed by atoms with Gasteiger partial charge >= 0.3 is 0 Å². The molecule has 0 aliphatic rings. The first-order valence-electron chi connectivity index (χ1n) is 6.21. The fourth-order valence-electron chi connectivity index (χ4n) is 1.58. The molecule has 0 atom stereocenters. The second-order valence-corrected chi connectivity index (χ2v) is 6.01. The van der Waals surface area contributed by atoms with Gasteiger partial charge in [0.1, 0.15) is 16.7 Å². The number of hydrogen-bond acceptors (Lipinski definition) is 4. The molecule has 5 heteroatoms. The summed E-state index contributed by atoms with van der Waals surface area (Å²) in [6, 6.07) is 10.1. The van der Waals surface area contributed by atoms with Crippen LogP contribution in [0.5, 0.6) is 0 Å². The van der Waals surface area contributed by atoms with Gasteiger partial charge in [-0.25, -0.2) is 9.97 Å². The standard InChI is InChI=1S/C14H16BrN3S/c1-3-8-16-13-9-14(18-10(2)17-13)19-12-7-5-4-6-11(12)15/h4-7,9H,3,8H2,1-2H3,(H,16,17,18). The number of nitrogens with one attached hydrogen (secondary N) is 1. The van der Waals surface area contributed by atoms with Crippen molar-refractivity contribution in [3.8, 4) is 0 Å². The molecule has 1 heterocycles. The summed E-state index contributed by atoms with van der Waals surface area (Å²) < 4.78 is 1.08. The van der Waals surface area contributed by atoms with Gasteiger partial charge in [-0.2, -0.15) is 0 Å². The van der Waals surface area contributed by atoms with E-state index in [0.717, 1.165) is 39.0 Å². The zero-order valence-corrected chi connectivity index (χ0v) is 13.4. The Morgan fingerprint density at radius 1 is 1.26 bits per heavy atom.